The summed E-state index contributed by atoms with van der Waals surface area (Å²) in [5.41, 5.74) is -0.111. The van der Waals surface area contributed by atoms with Crippen molar-refractivity contribution in [3.05, 3.63) is 29.3 Å². The number of benzene rings is 1. The summed E-state index contributed by atoms with van der Waals surface area (Å²) in [6.45, 7) is -3.48. The van der Waals surface area contributed by atoms with Crippen LogP contribution < -0.4 is 4.74 Å². The third-order valence-electron chi connectivity index (χ3n) is 1.71. The lowest BCUT2D eigenvalue weighted by molar-refractivity contribution is -0.0499. The smallest absolute Gasteiger partial charge is 0.387 e. The second-order valence-corrected chi connectivity index (χ2v) is 2.66. The van der Waals surface area contributed by atoms with E-state index in [0.29, 0.717) is 0 Å². The molecule has 0 radical (unpaired) electrons. The molecule has 15 heavy (non-hydrogen) atoms. The fourth-order valence-corrected chi connectivity index (χ4v) is 1.07. The molecule has 0 heterocycles. The molecule has 0 saturated carbocycles. The van der Waals surface area contributed by atoms with Crippen LogP contribution in [-0.4, -0.2) is 22.8 Å². The van der Waals surface area contributed by atoms with Crippen molar-refractivity contribution in [2.75, 3.05) is 0 Å². The van der Waals surface area contributed by atoms with E-state index in [0.717, 1.165) is 6.07 Å². The quantitative estimate of drug-likeness (QED) is 0.803. The Bertz CT molecular complexity index is 365. The Hall–Kier alpha value is -1.69. The van der Waals surface area contributed by atoms with Crippen LogP contribution in [0, 0.1) is 0 Å². The highest BCUT2D eigenvalue weighted by Crippen LogP contribution is 2.19. The largest absolute Gasteiger partial charge is 0.478 e. The van der Waals surface area contributed by atoms with Gasteiger partial charge in [-0.15, -0.1) is 0 Å². The van der Waals surface area contributed by atoms with Gasteiger partial charge >= 0.3 is 12.6 Å². The molecule has 0 aliphatic rings. The monoisotopic (exact) mass is 218 g/mol. The number of carboxylic acid groups (broad SMARTS) is 1. The Balaban J connectivity index is 3.05. The summed E-state index contributed by atoms with van der Waals surface area (Å²) in [6, 6.07) is 3.34. The lowest BCUT2D eigenvalue weighted by atomic mass is 10.1. The maximum atomic E-state index is 11.8. The van der Waals surface area contributed by atoms with E-state index >= 15 is 0 Å². The van der Waals surface area contributed by atoms with Crippen molar-refractivity contribution in [3.63, 3.8) is 0 Å². The Labute approximate surface area is 83.7 Å². The van der Waals surface area contributed by atoms with Crippen molar-refractivity contribution in [1.29, 1.82) is 0 Å². The summed E-state index contributed by atoms with van der Waals surface area (Å²) in [5.74, 6) is -1.56. The molecule has 0 aromatic heterocycles. The van der Waals surface area contributed by atoms with Crippen LogP contribution in [0.3, 0.4) is 0 Å². The van der Waals surface area contributed by atoms with Gasteiger partial charge in [-0.25, -0.2) is 4.79 Å². The minimum absolute atomic E-state index is 0.143. The molecule has 1 aromatic carbocycles. The van der Waals surface area contributed by atoms with Crippen molar-refractivity contribution in [1.82, 2.24) is 0 Å². The van der Waals surface area contributed by atoms with Crippen molar-refractivity contribution < 1.29 is 28.5 Å². The summed E-state index contributed by atoms with van der Waals surface area (Å²) in [5, 5.41) is 17.5. The number of aromatic carboxylic acids is 1. The summed E-state index contributed by atoms with van der Waals surface area (Å²) in [6.07, 6.45) is 0. The minimum Gasteiger partial charge on any atom is -0.478 e. The van der Waals surface area contributed by atoms with E-state index in [4.69, 9.17) is 10.2 Å². The lowest BCUT2D eigenvalue weighted by Gasteiger charge is -2.07. The predicted octanol–water partition coefficient (Wildman–Crippen LogP) is 1.48. The Morgan fingerprint density at radius 2 is 2.13 bits per heavy atom. The fraction of sp³-hybridized carbons (Fsp3) is 0.222. The topological polar surface area (TPSA) is 66.8 Å². The summed E-state index contributed by atoms with van der Waals surface area (Å²) >= 11 is 0. The second-order valence-electron chi connectivity index (χ2n) is 2.66. The first kappa shape index (κ1) is 11.4. The zero-order chi connectivity index (χ0) is 11.4. The first-order valence-electron chi connectivity index (χ1n) is 3.96. The molecule has 2 N–H and O–H groups in total. The number of carbonyl (C=O) groups is 1. The number of ether oxygens (including phenoxy) is 1. The molecule has 0 amide bonds. The summed E-state index contributed by atoms with van der Waals surface area (Å²) in [4.78, 5) is 10.7. The number of halogens is 2. The number of aliphatic hydroxyl groups is 1. The van der Waals surface area contributed by atoms with Gasteiger partial charge < -0.3 is 14.9 Å². The van der Waals surface area contributed by atoms with Gasteiger partial charge in [0.15, 0.2) is 0 Å². The van der Waals surface area contributed by atoms with Gasteiger partial charge in [0.05, 0.1) is 12.2 Å². The number of rotatable bonds is 4. The van der Waals surface area contributed by atoms with Crippen molar-refractivity contribution in [2.24, 2.45) is 0 Å². The van der Waals surface area contributed by atoms with Gasteiger partial charge in [0.1, 0.15) is 5.75 Å². The molecular formula is C9H8F2O4. The number of aliphatic hydroxyl groups excluding tert-OH is 1. The first-order valence-corrected chi connectivity index (χ1v) is 3.96. The summed E-state index contributed by atoms with van der Waals surface area (Å²) < 4.78 is 27.7. The standard InChI is InChI=1S/C9H8F2O4/c10-9(11)15-6-2-1-5(4-12)7(3-6)8(13)14/h1-3,9,12H,4H2,(H,13,14). The molecule has 0 aliphatic heterocycles. The molecule has 4 nitrogen and oxygen atoms in total. The number of alkyl halides is 2. The highest BCUT2D eigenvalue weighted by atomic mass is 19.3. The predicted molar refractivity (Wildman–Crippen MR) is 46.0 cm³/mol. The van der Waals surface area contributed by atoms with Crippen LogP contribution in [0.15, 0.2) is 18.2 Å². The number of hydrogen-bond acceptors (Lipinski definition) is 3. The zero-order valence-corrected chi connectivity index (χ0v) is 7.48. The van der Waals surface area contributed by atoms with Gasteiger partial charge in [0.2, 0.25) is 0 Å². The second kappa shape index (κ2) is 4.70. The van der Waals surface area contributed by atoms with E-state index in [1.807, 2.05) is 0 Å². The van der Waals surface area contributed by atoms with E-state index in [9.17, 15) is 13.6 Å². The maximum Gasteiger partial charge on any atom is 0.387 e. The van der Waals surface area contributed by atoms with Crippen LogP contribution in [0.2, 0.25) is 0 Å². The molecule has 0 bridgehead atoms. The van der Waals surface area contributed by atoms with Crippen molar-refractivity contribution in [2.45, 2.75) is 13.2 Å². The molecule has 1 aromatic rings. The van der Waals surface area contributed by atoms with E-state index in [2.05, 4.69) is 4.74 Å². The lowest BCUT2D eigenvalue weighted by Crippen LogP contribution is -2.06. The normalized spacial score (nSPS) is 10.4. The maximum absolute atomic E-state index is 11.8. The van der Waals surface area contributed by atoms with Crippen LogP contribution >= 0.6 is 0 Å². The van der Waals surface area contributed by atoms with Crippen LogP contribution in [0.4, 0.5) is 8.78 Å². The molecule has 0 unspecified atom stereocenters. The Morgan fingerprint density at radius 3 is 2.60 bits per heavy atom. The van der Waals surface area contributed by atoms with Crippen LogP contribution in [0.1, 0.15) is 15.9 Å². The molecule has 82 valence electrons. The number of hydrogen-bond donors (Lipinski definition) is 2. The van der Waals surface area contributed by atoms with Gasteiger partial charge in [0.25, 0.3) is 0 Å². The van der Waals surface area contributed by atoms with Crippen LogP contribution in [-0.2, 0) is 6.61 Å². The molecular weight excluding hydrogens is 210 g/mol. The van der Waals surface area contributed by atoms with Crippen molar-refractivity contribution >= 4 is 5.97 Å². The van der Waals surface area contributed by atoms with Gasteiger partial charge in [-0.1, -0.05) is 6.07 Å². The highest BCUT2D eigenvalue weighted by Gasteiger charge is 2.12. The van der Waals surface area contributed by atoms with Crippen LogP contribution in [0.5, 0.6) is 5.75 Å². The average Bonchev–Trinajstić information content (AvgIpc) is 2.16. The van der Waals surface area contributed by atoms with Gasteiger partial charge in [-0.05, 0) is 17.7 Å². The molecule has 0 saturated heterocycles. The third kappa shape index (κ3) is 2.88. The Kier molecular flexibility index (Phi) is 3.56. The van der Waals surface area contributed by atoms with E-state index in [1.54, 1.807) is 0 Å². The van der Waals surface area contributed by atoms with E-state index in [1.165, 1.54) is 12.1 Å². The molecule has 1 rings (SSSR count). The zero-order valence-electron chi connectivity index (χ0n) is 7.48. The fourth-order valence-electron chi connectivity index (χ4n) is 1.07. The molecule has 0 spiro atoms. The SMILES string of the molecule is O=C(O)c1cc(OC(F)F)ccc1CO. The minimum atomic E-state index is -3.01. The van der Waals surface area contributed by atoms with Crippen LogP contribution in [0.25, 0.3) is 0 Å². The van der Waals surface area contributed by atoms with Gasteiger partial charge in [-0.2, -0.15) is 8.78 Å². The number of carboxylic acids is 1. The molecule has 0 aliphatic carbocycles. The van der Waals surface area contributed by atoms with Gasteiger partial charge in [0, 0.05) is 0 Å². The average molecular weight is 218 g/mol. The summed E-state index contributed by atoms with van der Waals surface area (Å²) in [7, 11) is 0. The van der Waals surface area contributed by atoms with Crippen molar-refractivity contribution in [3.8, 4) is 5.75 Å². The first-order chi connectivity index (χ1) is 7.04. The Morgan fingerprint density at radius 1 is 1.47 bits per heavy atom. The highest BCUT2D eigenvalue weighted by molar-refractivity contribution is 5.89. The van der Waals surface area contributed by atoms with Gasteiger partial charge in [-0.3, -0.25) is 0 Å². The molecule has 0 atom stereocenters. The molecule has 0 fully saturated rings. The third-order valence-corrected chi connectivity index (χ3v) is 1.71. The van der Waals surface area contributed by atoms with E-state index < -0.39 is 19.2 Å². The van der Waals surface area contributed by atoms with E-state index in [-0.39, 0.29) is 16.9 Å². The molecule has 6 heteroatoms.